The highest BCUT2D eigenvalue weighted by Crippen LogP contribution is 2.30. The number of anilines is 1. The fourth-order valence-electron chi connectivity index (χ4n) is 3.67. The largest absolute Gasteiger partial charge is 0.343 e. The quantitative estimate of drug-likeness (QED) is 0.659. The molecule has 5 heteroatoms. The molecule has 0 unspecified atom stereocenters. The summed E-state index contributed by atoms with van der Waals surface area (Å²) in [4.78, 5) is 30.4. The van der Waals surface area contributed by atoms with Crippen LogP contribution in [0.5, 0.6) is 0 Å². The molecule has 0 saturated carbocycles. The molecule has 156 valence electrons. The van der Waals surface area contributed by atoms with Crippen LogP contribution in [0.25, 0.3) is 17.2 Å². The molecule has 0 bridgehead atoms. The molecule has 1 aliphatic heterocycles. The van der Waals surface area contributed by atoms with Crippen molar-refractivity contribution in [1.29, 1.82) is 0 Å². The highest BCUT2D eigenvalue weighted by Gasteiger charge is 2.22. The summed E-state index contributed by atoms with van der Waals surface area (Å²) in [6.45, 7) is 5.71. The van der Waals surface area contributed by atoms with Crippen molar-refractivity contribution in [2.75, 3.05) is 25.5 Å². The summed E-state index contributed by atoms with van der Waals surface area (Å²) >= 11 is 0. The normalized spacial score (nSPS) is 14.4. The van der Waals surface area contributed by atoms with Crippen LogP contribution in [-0.4, -0.2) is 43.1 Å². The van der Waals surface area contributed by atoms with Crippen molar-refractivity contribution in [3.8, 4) is 11.1 Å². The minimum absolute atomic E-state index is 0.0861. The van der Waals surface area contributed by atoms with E-state index in [0.29, 0.717) is 12.0 Å². The Kier molecular flexibility index (Phi) is 7.17. The van der Waals surface area contributed by atoms with Crippen LogP contribution >= 0.6 is 0 Å². The van der Waals surface area contributed by atoms with Crippen molar-refractivity contribution in [3.63, 3.8) is 0 Å². The lowest BCUT2D eigenvalue weighted by molar-refractivity contribution is -0.127. The lowest BCUT2D eigenvalue weighted by Crippen LogP contribution is -2.34. The number of nitrogens with one attached hydrogen (secondary N) is 1. The van der Waals surface area contributed by atoms with E-state index >= 15 is 0 Å². The molecule has 0 aliphatic carbocycles. The smallest absolute Gasteiger partial charge is 0.250 e. The molecule has 0 atom stereocenters. The Labute approximate surface area is 178 Å². The fourth-order valence-corrected chi connectivity index (χ4v) is 3.67. The molecule has 3 rings (SSSR count). The average Bonchev–Trinajstić information content (AvgIpc) is 2.97. The van der Waals surface area contributed by atoms with Crippen LogP contribution < -0.4 is 5.32 Å². The van der Waals surface area contributed by atoms with E-state index in [-0.39, 0.29) is 5.91 Å². The van der Waals surface area contributed by atoms with Gasteiger partial charge in [0.1, 0.15) is 12.1 Å². The van der Waals surface area contributed by atoms with Gasteiger partial charge in [0.25, 0.3) is 0 Å². The first-order valence-electron chi connectivity index (χ1n) is 10.5. The van der Waals surface area contributed by atoms with Gasteiger partial charge < -0.3 is 10.2 Å². The third-order valence-corrected chi connectivity index (χ3v) is 5.22. The molecule has 2 aromatic rings. The van der Waals surface area contributed by atoms with Crippen LogP contribution in [-0.2, 0) is 4.79 Å². The van der Waals surface area contributed by atoms with E-state index in [0.717, 1.165) is 66.0 Å². The number of nitrogens with zero attached hydrogens (tertiary/aromatic N) is 2. The number of fused-ring (bicyclic) bond motifs is 1. The summed E-state index contributed by atoms with van der Waals surface area (Å²) in [5.41, 5.74) is 5.37. The van der Waals surface area contributed by atoms with Gasteiger partial charge in [-0.2, -0.15) is 0 Å². The maximum Gasteiger partial charge on any atom is 0.250 e. The van der Waals surface area contributed by atoms with Gasteiger partial charge in [-0.05, 0) is 41.7 Å². The molecule has 0 radical (unpaired) electrons. The van der Waals surface area contributed by atoms with Crippen molar-refractivity contribution in [3.05, 3.63) is 59.2 Å². The Bertz CT molecular complexity index is 968. The van der Waals surface area contributed by atoms with Crippen LogP contribution in [0.4, 0.5) is 5.69 Å². The minimum atomic E-state index is 0.0861. The summed E-state index contributed by atoms with van der Waals surface area (Å²) in [5.74, 6) is 0.859. The number of benzene rings is 2. The zero-order valence-electron chi connectivity index (χ0n) is 17.9. The number of carbonyl (C=O) groups is 2. The number of aliphatic imine (C=N–C) groups is 1. The van der Waals surface area contributed by atoms with E-state index in [1.807, 2.05) is 47.4 Å². The van der Waals surface area contributed by atoms with E-state index in [1.54, 1.807) is 7.05 Å². The molecule has 1 aliphatic rings. The fraction of sp³-hybridized carbons (Fsp3) is 0.320. The molecule has 5 nitrogen and oxygen atoms in total. The Balaban J connectivity index is 1.97. The topological polar surface area (TPSA) is 61.8 Å². The van der Waals surface area contributed by atoms with Crippen molar-refractivity contribution >= 4 is 29.8 Å². The molecular weight excluding hydrogens is 374 g/mol. The second-order valence-electron chi connectivity index (χ2n) is 7.48. The third kappa shape index (κ3) is 4.85. The SMILES string of the molecule is CCCN(CCC)C(=O)C1=Cc2ccc(-c3ccc(C=O)cc3)cc2NC(=NC)C1. The summed E-state index contributed by atoms with van der Waals surface area (Å²) in [6.07, 6.45) is 5.19. The number of hydrogen-bond acceptors (Lipinski definition) is 3. The monoisotopic (exact) mass is 403 g/mol. The average molecular weight is 404 g/mol. The zero-order valence-corrected chi connectivity index (χ0v) is 17.9. The molecule has 0 fully saturated rings. The van der Waals surface area contributed by atoms with Crippen molar-refractivity contribution in [2.45, 2.75) is 33.1 Å². The number of amidine groups is 1. The third-order valence-electron chi connectivity index (χ3n) is 5.22. The molecule has 1 amide bonds. The maximum atomic E-state index is 13.2. The zero-order chi connectivity index (χ0) is 21.5. The minimum Gasteiger partial charge on any atom is -0.343 e. The van der Waals surface area contributed by atoms with Crippen molar-refractivity contribution in [2.24, 2.45) is 4.99 Å². The molecule has 1 heterocycles. The molecule has 30 heavy (non-hydrogen) atoms. The number of hydrogen-bond donors (Lipinski definition) is 1. The molecule has 1 N–H and O–H groups in total. The van der Waals surface area contributed by atoms with Gasteiger partial charge in [-0.1, -0.05) is 50.2 Å². The first-order chi connectivity index (χ1) is 14.6. The van der Waals surface area contributed by atoms with E-state index in [1.165, 1.54) is 0 Å². The second kappa shape index (κ2) is 10.0. The van der Waals surface area contributed by atoms with Crippen molar-refractivity contribution < 1.29 is 9.59 Å². The van der Waals surface area contributed by atoms with E-state index < -0.39 is 0 Å². The first kappa shape index (κ1) is 21.5. The Morgan fingerprint density at radius 1 is 1.07 bits per heavy atom. The van der Waals surface area contributed by atoms with Gasteiger partial charge in [0.2, 0.25) is 5.91 Å². The van der Waals surface area contributed by atoms with E-state index in [9.17, 15) is 9.59 Å². The van der Waals surface area contributed by atoms with Gasteiger partial charge in [0.05, 0.1) is 0 Å². The van der Waals surface area contributed by atoms with Gasteiger partial charge in [0.15, 0.2) is 0 Å². The van der Waals surface area contributed by atoms with Crippen LogP contribution in [0.3, 0.4) is 0 Å². The number of aldehydes is 1. The molecule has 2 aromatic carbocycles. The molecule has 0 aromatic heterocycles. The van der Waals surface area contributed by atoms with Crippen LogP contribution in [0.15, 0.2) is 53.0 Å². The predicted octanol–water partition coefficient (Wildman–Crippen LogP) is 5.04. The van der Waals surface area contributed by atoms with Crippen LogP contribution in [0.2, 0.25) is 0 Å². The van der Waals surface area contributed by atoms with Gasteiger partial charge in [-0.15, -0.1) is 0 Å². The summed E-state index contributed by atoms with van der Waals surface area (Å²) in [7, 11) is 1.74. The number of carbonyl (C=O) groups excluding carboxylic acids is 2. The second-order valence-corrected chi connectivity index (χ2v) is 7.48. The summed E-state index contributed by atoms with van der Waals surface area (Å²) in [5, 5.41) is 3.40. The lowest BCUT2D eigenvalue weighted by Gasteiger charge is -2.22. The molecule has 0 saturated heterocycles. The number of amides is 1. The maximum absolute atomic E-state index is 13.2. The lowest BCUT2D eigenvalue weighted by atomic mass is 10.00. The molecule has 0 spiro atoms. The molecular formula is C25H29N3O2. The van der Waals surface area contributed by atoms with E-state index in [4.69, 9.17) is 0 Å². The Hall–Kier alpha value is -3.21. The van der Waals surface area contributed by atoms with Gasteiger partial charge >= 0.3 is 0 Å². The summed E-state index contributed by atoms with van der Waals surface area (Å²) in [6, 6.07) is 13.6. The van der Waals surface area contributed by atoms with E-state index in [2.05, 4.69) is 30.2 Å². The first-order valence-corrected chi connectivity index (χ1v) is 10.5. The predicted molar refractivity (Wildman–Crippen MR) is 124 cm³/mol. The standard InChI is InChI=1S/C25H29N3O2/c1-4-12-28(13-5-2)25(30)22-14-21-11-10-20(15-23(21)27-24(16-22)26-3)19-8-6-18(17-29)7-9-19/h6-11,14-15,17H,4-5,12-13,16H2,1-3H3,(H,26,27). The number of rotatable bonds is 7. The summed E-state index contributed by atoms with van der Waals surface area (Å²) < 4.78 is 0. The van der Waals surface area contributed by atoms with Crippen LogP contribution in [0, 0.1) is 0 Å². The Morgan fingerprint density at radius 2 is 1.73 bits per heavy atom. The van der Waals surface area contributed by atoms with Gasteiger partial charge in [0, 0.05) is 43.4 Å². The highest BCUT2D eigenvalue weighted by atomic mass is 16.2. The Morgan fingerprint density at radius 3 is 2.33 bits per heavy atom. The van der Waals surface area contributed by atoms with Crippen molar-refractivity contribution in [1.82, 2.24) is 4.90 Å². The highest BCUT2D eigenvalue weighted by molar-refractivity contribution is 6.10. The van der Waals surface area contributed by atoms with Gasteiger partial charge in [-0.3, -0.25) is 14.6 Å². The van der Waals surface area contributed by atoms with Crippen LogP contribution in [0.1, 0.15) is 49.0 Å². The van der Waals surface area contributed by atoms with Gasteiger partial charge in [-0.25, -0.2) is 0 Å².